The van der Waals surface area contributed by atoms with E-state index in [2.05, 4.69) is 20.6 Å². The highest BCUT2D eigenvalue weighted by Gasteiger charge is 2.40. The summed E-state index contributed by atoms with van der Waals surface area (Å²) in [6, 6.07) is 14.3. The number of H-pyrrole nitrogens is 1. The monoisotopic (exact) mass is 445 g/mol. The molecule has 0 saturated heterocycles. The van der Waals surface area contributed by atoms with E-state index in [4.69, 9.17) is 14.2 Å². The first-order valence-electron chi connectivity index (χ1n) is 10.2. The molecule has 0 aliphatic carbocycles. The van der Waals surface area contributed by atoms with Crippen LogP contribution in [0.3, 0.4) is 0 Å². The van der Waals surface area contributed by atoms with Gasteiger partial charge in [-0.25, -0.2) is 0 Å². The number of nitrogens with zero attached hydrogens (tertiary/aromatic N) is 2. The average Bonchev–Trinajstić information content (AvgIpc) is 2.83. The normalized spacial score (nSPS) is 18.5. The topological polar surface area (TPSA) is 138 Å². The maximum absolute atomic E-state index is 13.2. The zero-order chi connectivity index (χ0) is 22.9. The van der Waals surface area contributed by atoms with Crippen LogP contribution in [-0.4, -0.2) is 36.2 Å². The second-order valence-electron chi connectivity index (χ2n) is 7.48. The second kappa shape index (κ2) is 8.20. The molecule has 2 aliphatic rings. The van der Waals surface area contributed by atoms with Crippen LogP contribution < -0.4 is 30.4 Å². The van der Waals surface area contributed by atoms with Gasteiger partial charge in [0, 0.05) is 5.92 Å². The Hall–Kier alpha value is -4.52. The summed E-state index contributed by atoms with van der Waals surface area (Å²) in [6.45, 7) is 0.827. The lowest BCUT2D eigenvalue weighted by Crippen LogP contribution is -2.38. The summed E-state index contributed by atoms with van der Waals surface area (Å²) in [7, 11) is 1.53. The molecule has 3 heterocycles. The van der Waals surface area contributed by atoms with Crippen LogP contribution in [0.5, 0.6) is 17.2 Å². The van der Waals surface area contributed by atoms with Gasteiger partial charge in [-0.15, -0.1) is 0 Å². The van der Waals surface area contributed by atoms with Crippen LogP contribution in [0.15, 0.2) is 47.3 Å². The number of hydrogen-bond donors (Lipinski definition) is 3. The SMILES string of the molecule is COc1ccccc1Nc1nc2c(c(=O)[nH]1)C(c1ccc3c(c1)OCCO3)C(C#N)C(=O)N2. The summed E-state index contributed by atoms with van der Waals surface area (Å²) in [5, 5.41) is 15.3. The summed E-state index contributed by atoms with van der Waals surface area (Å²) in [4.78, 5) is 33.1. The number of carbonyl (C=O) groups is 1. The fourth-order valence-electron chi connectivity index (χ4n) is 4.06. The smallest absolute Gasteiger partial charge is 0.258 e. The van der Waals surface area contributed by atoms with Crippen molar-refractivity contribution in [2.75, 3.05) is 31.0 Å². The first-order chi connectivity index (χ1) is 16.1. The molecule has 33 heavy (non-hydrogen) atoms. The summed E-state index contributed by atoms with van der Waals surface area (Å²) >= 11 is 0. The Balaban J connectivity index is 1.59. The summed E-state index contributed by atoms with van der Waals surface area (Å²) in [6.07, 6.45) is 0. The van der Waals surface area contributed by atoms with Gasteiger partial charge in [0.25, 0.3) is 5.56 Å². The molecule has 0 fully saturated rings. The van der Waals surface area contributed by atoms with E-state index in [1.54, 1.807) is 36.4 Å². The third-order valence-corrected chi connectivity index (χ3v) is 5.55. The number of aromatic amines is 1. The summed E-state index contributed by atoms with van der Waals surface area (Å²) in [5.74, 6) is -0.634. The molecule has 1 amide bonds. The Labute approximate surface area is 188 Å². The van der Waals surface area contributed by atoms with Gasteiger partial charge in [-0.1, -0.05) is 18.2 Å². The van der Waals surface area contributed by atoms with Crippen molar-refractivity contribution in [2.24, 2.45) is 5.92 Å². The Morgan fingerprint density at radius 2 is 1.94 bits per heavy atom. The Morgan fingerprint density at radius 1 is 1.15 bits per heavy atom. The van der Waals surface area contributed by atoms with E-state index in [0.717, 1.165) is 0 Å². The molecule has 0 radical (unpaired) electrons. The number of hydrogen-bond acceptors (Lipinski definition) is 8. The summed E-state index contributed by atoms with van der Waals surface area (Å²) < 4.78 is 16.5. The number of fused-ring (bicyclic) bond motifs is 2. The van der Waals surface area contributed by atoms with Crippen molar-refractivity contribution in [1.29, 1.82) is 5.26 Å². The van der Waals surface area contributed by atoms with Gasteiger partial charge in [-0.2, -0.15) is 10.2 Å². The van der Waals surface area contributed by atoms with Crippen LogP contribution in [0.1, 0.15) is 17.0 Å². The van der Waals surface area contributed by atoms with Crippen LogP contribution in [0.25, 0.3) is 0 Å². The number of rotatable bonds is 4. The molecule has 1 aromatic heterocycles. The van der Waals surface area contributed by atoms with Gasteiger partial charge in [0.2, 0.25) is 11.9 Å². The summed E-state index contributed by atoms with van der Waals surface area (Å²) in [5.41, 5.74) is 0.893. The minimum atomic E-state index is -1.11. The van der Waals surface area contributed by atoms with E-state index in [1.807, 2.05) is 12.1 Å². The van der Waals surface area contributed by atoms with Gasteiger partial charge in [-0.05, 0) is 29.8 Å². The quantitative estimate of drug-likeness (QED) is 0.557. The van der Waals surface area contributed by atoms with Crippen LogP contribution >= 0.6 is 0 Å². The molecule has 2 aliphatic heterocycles. The van der Waals surface area contributed by atoms with E-state index in [9.17, 15) is 14.9 Å². The Morgan fingerprint density at radius 3 is 2.73 bits per heavy atom. The number of aromatic nitrogens is 2. The molecule has 0 spiro atoms. The molecule has 5 rings (SSSR count). The van der Waals surface area contributed by atoms with Crippen LogP contribution in [0.4, 0.5) is 17.5 Å². The van der Waals surface area contributed by atoms with Crippen molar-refractivity contribution in [3.8, 4) is 23.3 Å². The molecule has 3 N–H and O–H groups in total. The molecule has 2 unspecified atom stereocenters. The molecule has 2 atom stereocenters. The van der Waals surface area contributed by atoms with Crippen molar-refractivity contribution >= 4 is 23.4 Å². The maximum atomic E-state index is 13.2. The van der Waals surface area contributed by atoms with Crippen molar-refractivity contribution in [1.82, 2.24) is 9.97 Å². The number of carbonyl (C=O) groups excluding carboxylic acids is 1. The molecule has 0 saturated carbocycles. The lowest BCUT2D eigenvalue weighted by Gasteiger charge is -2.29. The van der Waals surface area contributed by atoms with E-state index >= 15 is 0 Å². The highest BCUT2D eigenvalue weighted by molar-refractivity contribution is 5.98. The van der Waals surface area contributed by atoms with E-state index < -0.39 is 23.3 Å². The van der Waals surface area contributed by atoms with Crippen molar-refractivity contribution in [3.05, 3.63) is 63.9 Å². The minimum absolute atomic E-state index is 0.0903. The standard InChI is InChI=1S/C23H19N5O5/c1-31-15-5-3-2-4-14(15)25-23-27-20-19(22(30)28-23)18(13(11-24)21(29)26-20)12-6-7-16-17(10-12)33-9-8-32-16/h2-7,10,13,18H,8-9H2,1H3,(H3,25,26,27,28,29,30). The zero-order valence-electron chi connectivity index (χ0n) is 17.5. The van der Waals surface area contributed by atoms with Crippen molar-refractivity contribution < 1.29 is 19.0 Å². The molecule has 3 aromatic rings. The maximum Gasteiger partial charge on any atom is 0.258 e. The van der Waals surface area contributed by atoms with Gasteiger partial charge < -0.3 is 24.8 Å². The average molecular weight is 445 g/mol. The molecule has 10 heteroatoms. The van der Waals surface area contributed by atoms with Crippen LogP contribution in [0.2, 0.25) is 0 Å². The number of ether oxygens (including phenoxy) is 3. The van der Waals surface area contributed by atoms with E-state index in [-0.39, 0.29) is 17.3 Å². The number of nitriles is 1. The van der Waals surface area contributed by atoms with Crippen molar-refractivity contribution in [2.45, 2.75) is 5.92 Å². The molecule has 2 aromatic carbocycles. The molecule has 166 valence electrons. The number of anilines is 3. The third-order valence-electron chi connectivity index (χ3n) is 5.55. The third kappa shape index (κ3) is 3.59. The van der Waals surface area contributed by atoms with Gasteiger partial charge in [0.1, 0.15) is 30.7 Å². The number of amides is 1. The van der Waals surface area contributed by atoms with Crippen LogP contribution in [-0.2, 0) is 4.79 Å². The molecular weight excluding hydrogens is 426 g/mol. The van der Waals surface area contributed by atoms with Crippen molar-refractivity contribution in [3.63, 3.8) is 0 Å². The predicted molar refractivity (Wildman–Crippen MR) is 118 cm³/mol. The largest absolute Gasteiger partial charge is 0.495 e. The van der Waals surface area contributed by atoms with Gasteiger partial charge in [0.15, 0.2) is 11.5 Å². The number of nitrogens with one attached hydrogen (secondary N) is 3. The Bertz CT molecular complexity index is 1350. The molecular formula is C23H19N5O5. The second-order valence-corrected chi connectivity index (χ2v) is 7.48. The lowest BCUT2D eigenvalue weighted by molar-refractivity contribution is -0.119. The molecule has 0 bridgehead atoms. The first-order valence-corrected chi connectivity index (χ1v) is 10.2. The first kappa shape index (κ1) is 20.4. The van der Waals surface area contributed by atoms with E-state index in [0.29, 0.717) is 41.7 Å². The lowest BCUT2D eigenvalue weighted by atomic mass is 9.79. The number of para-hydroxylation sites is 2. The van der Waals surface area contributed by atoms with Gasteiger partial charge in [-0.3, -0.25) is 14.6 Å². The highest BCUT2D eigenvalue weighted by Crippen LogP contribution is 2.41. The highest BCUT2D eigenvalue weighted by atomic mass is 16.6. The number of benzene rings is 2. The van der Waals surface area contributed by atoms with Gasteiger partial charge in [0.05, 0.1) is 24.4 Å². The zero-order valence-corrected chi connectivity index (χ0v) is 17.5. The van der Waals surface area contributed by atoms with Crippen LogP contribution in [0, 0.1) is 17.2 Å². The van der Waals surface area contributed by atoms with E-state index in [1.165, 1.54) is 7.11 Å². The fourth-order valence-corrected chi connectivity index (χ4v) is 4.06. The Kier molecular flexibility index (Phi) is 5.06. The fraction of sp³-hybridized carbons (Fsp3) is 0.217. The van der Waals surface area contributed by atoms with Gasteiger partial charge >= 0.3 is 0 Å². The minimum Gasteiger partial charge on any atom is -0.495 e. The molecule has 10 nitrogen and oxygen atoms in total. The predicted octanol–water partition coefficient (Wildman–Crippen LogP) is 2.52. The number of methoxy groups -OCH3 is 1.